The van der Waals surface area contributed by atoms with Crippen molar-refractivity contribution in [2.75, 3.05) is 40.4 Å². The van der Waals surface area contributed by atoms with Crippen molar-refractivity contribution in [3.8, 4) is 0 Å². The Morgan fingerprint density at radius 2 is 2.10 bits per heavy atom. The lowest BCUT2D eigenvalue weighted by molar-refractivity contribution is 0.143. The Hall–Kier alpha value is -0.810. The first kappa shape index (κ1) is 17.2. The molecule has 0 aliphatic heterocycles. The molecule has 2 N–H and O–H groups in total. The van der Waals surface area contributed by atoms with Crippen LogP contribution < -0.4 is 10.6 Å². The van der Waals surface area contributed by atoms with Crippen LogP contribution in [0.4, 0.5) is 0 Å². The van der Waals surface area contributed by atoms with Crippen LogP contribution in [-0.4, -0.2) is 63.3 Å². The van der Waals surface area contributed by atoms with Gasteiger partial charge >= 0.3 is 0 Å². The van der Waals surface area contributed by atoms with Crippen LogP contribution in [0.25, 0.3) is 0 Å². The molecule has 5 heteroatoms. The molecule has 0 aromatic rings. The van der Waals surface area contributed by atoms with Gasteiger partial charge in [0.2, 0.25) is 0 Å². The Kier molecular flexibility index (Phi) is 8.62. The number of hydrogen-bond acceptors (Lipinski definition) is 3. The Balaban J connectivity index is 2.06. The van der Waals surface area contributed by atoms with Gasteiger partial charge in [0.05, 0.1) is 0 Å². The molecule has 0 spiro atoms. The molecule has 1 aliphatic rings. The van der Waals surface area contributed by atoms with Gasteiger partial charge in [0.1, 0.15) is 0 Å². The van der Waals surface area contributed by atoms with Gasteiger partial charge in [0, 0.05) is 45.4 Å². The number of ether oxygens (including phenoxy) is 1. The summed E-state index contributed by atoms with van der Waals surface area (Å²) in [6.07, 6.45) is 4.91. The maximum absolute atomic E-state index is 5.32. The molecule has 0 aromatic carbocycles. The zero-order valence-corrected chi connectivity index (χ0v) is 13.6. The summed E-state index contributed by atoms with van der Waals surface area (Å²) in [5.74, 6) is 0.900. The molecular weight excluding hydrogens is 252 g/mol. The normalized spacial score (nSPS) is 17.4. The molecule has 118 valence electrons. The number of nitrogens with one attached hydrogen (secondary N) is 2. The third-order valence-electron chi connectivity index (χ3n) is 3.82. The van der Waals surface area contributed by atoms with Gasteiger partial charge < -0.3 is 15.4 Å². The third-order valence-corrected chi connectivity index (χ3v) is 3.82. The van der Waals surface area contributed by atoms with E-state index in [-0.39, 0.29) is 0 Å². The predicted octanol–water partition coefficient (Wildman–Crippen LogP) is 1.45. The van der Waals surface area contributed by atoms with E-state index in [1.807, 2.05) is 14.0 Å². The standard InChI is InChI=1S/C15H32N4O/c1-5-20-11-7-6-10-17-15(16-3)18-12-13(2)19(4)14-8-9-14/h13-14H,5-12H2,1-4H3,(H2,16,17,18). The highest BCUT2D eigenvalue weighted by atomic mass is 16.5. The van der Waals surface area contributed by atoms with E-state index in [9.17, 15) is 0 Å². The Labute approximate surface area is 124 Å². The van der Waals surface area contributed by atoms with Crippen molar-refractivity contribution >= 4 is 5.96 Å². The minimum absolute atomic E-state index is 0.541. The topological polar surface area (TPSA) is 48.9 Å². The molecule has 0 saturated heterocycles. The van der Waals surface area contributed by atoms with Crippen LogP contribution >= 0.6 is 0 Å². The van der Waals surface area contributed by atoms with E-state index in [1.165, 1.54) is 12.8 Å². The molecule has 1 fully saturated rings. The largest absolute Gasteiger partial charge is 0.382 e. The number of hydrogen-bond donors (Lipinski definition) is 2. The van der Waals surface area contributed by atoms with Crippen LogP contribution in [-0.2, 0) is 4.74 Å². The quantitative estimate of drug-likeness (QED) is 0.362. The maximum atomic E-state index is 5.32. The lowest BCUT2D eigenvalue weighted by Gasteiger charge is -2.25. The minimum atomic E-state index is 0.541. The van der Waals surface area contributed by atoms with Gasteiger partial charge in [-0.25, -0.2) is 0 Å². The SMILES string of the molecule is CCOCCCCNC(=NC)NCC(C)N(C)C1CC1. The molecule has 1 atom stereocenters. The lowest BCUT2D eigenvalue weighted by atomic mass is 10.3. The van der Waals surface area contributed by atoms with Crippen LogP contribution in [0.2, 0.25) is 0 Å². The second-order valence-corrected chi connectivity index (χ2v) is 5.53. The molecule has 1 rings (SSSR count). The van der Waals surface area contributed by atoms with Gasteiger partial charge in [-0.3, -0.25) is 9.89 Å². The van der Waals surface area contributed by atoms with E-state index < -0.39 is 0 Å². The second kappa shape index (κ2) is 10.00. The number of nitrogens with zero attached hydrogens (tertiary/aromatic N) is 2. The van der Waals surface area contributed by atoms with Crippen LogP contribution in [0.1, 0.15) is 39.5 Å². The highest BCUT2D eigenvalue weighted by Crippen LogP contribution is 2.26. The van der Waals surface area contributed by atoms with Crippen molar-refractivity contribution in [3.63, 3.8) is 0 Å². The first-order valence-electron chi connectivity index (χ1n) is 7.93. The average Bonchev–Trinajstić information content (AvgIpc) is 3.29. The van der Waals surface area contributed by atoms with E-state index in [2.05, 4.69) is 34.5 Å². The molecule has 0 aromatic heterocycles. The fourth-order valence-corrected chi connectivity index (χ4v) is 2.13. The summed E-state index contributed by atoms with van der Waals surface area (Å²) in [6, 6.07) is 1.35. The van der Waals surface area contributed by atoms with Gasteiger partial charge in [0.25, 0.3) is 0 Å². The third kappa shape index (κ3) is 7.10. The van der Waals surface area contributed by atoms with Crippen LogP contribution in [0.5, 0.6) is 0 Å². The maximum Gasteiger partial charge on any atom is 0.191 e. The van der Waals surface area contributed by atoms with Crippen molar-refractivity contribution in [1.29, 1.82) is 0 Å². The molecule has 0 bridgehead atoms. The highest BCUT2D eigenvalue weighted by Gasteiger charge is 2.28. The Morgan fingerprint density at radius 3 is 2.70 bits per heavy atom. The first-order valence-corrected chi connectivity index (χ1v) is 7.93. The summed E-state index contributed by atoms with van der Waals surface area (Å²) in [6.45, 7) is 7.84. The van der Waals surface area contributed by atoms with E-state index in [1.54, 1.807) is 0 Å². The zero-order valence-electron chi connectivity index (χ0n) is 13.6. The Bertz CT molecular complexity index is 279. The van der Waals surface area contributed by atoms with Crippen LogP contribution in [0.3, 0.4) is 0 Å². The minimum Gasteiger partial charge on any atom is -0.382 e. The van der Waals surface area contributed by atoms with Crippen LogP contribution in [0.15, 0.2) is 4.99 Å². The molecule has 1 saturated carbocycles. The molecule has 0 heterocycles. The molecule has 5 nitrogen and oxygen atoms in total. The number of unbranched alkanes of at least 4 members (excludes halogenated alkanes) is 1. The van der Waals surface area contributed by atoms with Gasteiger partial charge in [-0.15, -0.1) is 0 Å². The van der Waals surface area contributed by atoms with Crippen molar-refractivity contribution in [1.82, 2.24) is 15.5 Å². The van der Waals surface area contributed by atoms with Crippen molar-refractivity contribution in [2.45, 2.75) is 51.6 Å². The fourth-order valence-electron chi connectivity index (χ4n) is 2.13. The molecule has 0 radical (unpaired) electrons. The molecule has 0 amide bonds. The molecule has 20 heavy (non-hydrogen) atoms. The number of aliphatic imine (C=N–C) groups is 1. The predicted molar refractivity (Wildman–Crippen MR) is 85.3 cm³/mol. The number of guanidine groups is 1. The first-order chi connectivity index (χ1) is 9.69. The smallest absolute Gasteiger partial charge is 0.191 e. The summed E-state index contributed by atoms with van der Waals surface area (Å²) in [5, 5.41) is 6.75. The lowest BCUT2D eigenvalue weighted by Crippen LogP contribution is -2.45. The second-order valence-electron chi connectivity index (χ2n) is 5.53. The highest BCUT2D eigenvalue weighted by molar-refractivity contribution is 5.79. The van der Waals surface area contributed by atoms with Gasteiger partial charge in [0.15, 0.2) is 5.96 Å². The Morgan fingerprint density at radius 1 is 1.35 bits per heavy atom. The van der Waals surface area contributed by atoms with E-state index in [0.717, 1.165) is 51.1 Å². The van der Waals surface area contributed by atoms with Gasteiger partial charge in [-0.1, -0.05) is 0 Å². The van der Waals surface area contributed by atoms with Crippen molar-refractivity contribution in [2.24, 2.45) is 4.99 Å². The summed E-state index contributed by atoms with van der Waals surface area (Å²) >= 11 is 0. The van der Waals surface area contributed by atoms with Crippen LogP contribution in [0, 0.1) is 0 Å². The van der Waals surface area contributed by atoms with E-state index in [0.29, 0.717) is 6.04 Å². The summed E-state index contributed by atoms with van der Waals surface area (Å²) in [4.78, 5) is 6.72. The van der Waals surface area contributed by atoms with E-state index >= 15 is 0 Å². The van der Waals surface area contributed by atoms with Crippen molar-refractivity contribution < 1.29 is 4.74 Å². The zero-order chi connectivity index (χ0) is 14.8. The fraction of sp³-hybridized carbons (Fsp3) is 0.933. The van der Waals surface area contributed by atoms with E-state index in [4.69, 9.17) is 4.74 Å². The number of likely N-dealkylation sites (N-methyl/N-ethyl adjacent to an activating group) is 1. The monoisotopic (exact) mass is 284 g/mol. The molecular formula is C15H32N4O. The summed E-state index contributed by atoms with van der Waals surface area (Å²) in [5.41, 5.74) is 0. The molecule has 1 aliphatic carbocycles. The van der Waals surface area contributed by atoms with Gasteiger partial charge in [-0.05, 0) is 46.6 Å². The molecule has 1 unspecified atom stereocenters. The van der Waals surface area contributed by atoms with Crippen molar-refractivity contribution in [3.05, 3.63) is 0 Å². The summed E-state index contributed by atoms with van der Waals surface area (Å²) < 4.78 is 5.32. The van der Waals surface area contributed by atoms with Gasteiger partial charge in [-0.2, -0.15) is 0 Å². The summed E-state index contributed by atoms with van der Waals surface area (Å²) in [7, 11) is 4.04. The average molecular weight is 284 g/mol. The number of rotatable bonds is 10.